The van der Waals surface area contributed by atoms with Crippen LogP contribution in [-0.4, -0.2) is 62.5 Å². The summed E-state index contributed by atoms with van der Waals surface area (Å²) < 4.78 is 3.03. The molecule has 0 unspecified atom stereocenters. The van der Waals surface area contributed by atoms with Gasteiger partial charge in [-0.05, 0) is 23.7 Å². The molecule has 0 rings (SSSR count). The van der Waals surface area contributed by atoms with Crippen LogP contribution in [0.5, 0.6) is 0 Å². The van der Waals surface area contributed by atoms with Crippen molar-refractivity contribution in [2.24, 2.45) is 0 Å². The summed E-state index contributed by atoms with van der Waals surface area (Å²) in [7, 11) is -5.50. The predicted molar refractivity (Wildman–Crippen MR) is 105 cm³/mol. The van der Waals surface area contributed by atoms with Gasteiger partial charge in [-0.3, -0.25) is 0 Å². The van der Waals surface area contributed by atoms with Crippen LogP contribution in [0, 0.1) is 23.7 Å². The van der Waals surface area contributed by atoms with Crippen LogP contribution >= 0.6 is 0 Å². The molecule has 0 aliphatic heterocycles. The second-order valence-electron chi connectivity index (χ2n) is 6.71. The molecule has 0 fully saturated rings. The van der Waals surface area contributed by atoms with Gasteiger partial charge in [0, 0.05) is 14.6 Å². The summed E-state index contributed by atoms with van der Waals surface area (Å²) in [5, 5.41) is 36.6. The molecule has 0 aliphatic rings. The number of rotatable bonds is 2. The molecule has 5 nitrogen and oxygen atoms in total. The van der Waals surface area contributed by atoms with Crippen molar-refractivity contribution in [2.75, 3.05) is 0 Å². The molecule has 0 heterocycles. The van der Waals surface area contributed by atoms with E-state index in [2.05, 4.69) is 87.7 Å². The van der Waals surface area contributed by atoms with Crippen LogP contribution in [0.1, 0.15) is 83.1 Å². The van der Waals surface area contributed by atoms with Gasteiger partial charge in [0.15, 0.2) is 0 Å². The van der Waals surface area contributed by atoms with Gasteiger partial charge in [-0.2, -0.15) is 0 Å². The molecule has 0 saturated heterocycles. The minimum atomic E-state index is -2.75. The second kappa shape index (κ2) is 36.4. The average molecular weight is 568 g/mol. The van der Waals surface area contributed by atoms with E-state index < -0.39 is 14.6 Å². The van der Waals surface area contributed by atoms with Gasteiger partial charge in [-0.25, -0.2) is 0 Å². The topological polar surface area (TPSA) is 101 Å². The van der Waals surface area contributed by atoms with Crippen LogP contribution in [-0.2, 0) is 4.57 Å². The van der Waals surface area contributed by atoms with Gasteiger partial charge < -0.3 is 24.7 Å². The molecular formula is C16H36B2O5Sn2. The summed E-state index contributed by atoms with van der Waals surface area (Å²) >= 11 is 0. The Morgan fingerprint density at radius 1 is 0.440 bits per heavy atom. The van der Waals surface area contributed by atoms with Gasteiger partial charge in [0.2, 0.25) is 0 Å². The summed E-state index contributed by atoms with van der Waals surface area (Å²) in [6.45, 7) is 25.0. The van der Waals surface area contributed by atoms with E-state index >= 15 is 0 Å². The minimum absolute atomic E-state index is 0. The fourth-order valence-corrected chi connectivity index (χ4v) is 0.0907. The summed E-state index contributed by atoms with van der Waals surface area (Å²) in [4.78, 5) is 0. The first kappa shape index (κ1) is 45.3. The van der Waals surface area contributed by atoms with Crippen molar-refractivity contribution >= 4 is 62.5 Å². The summed E-state index contributed by atoms with van der Waals surface area (Å²) in [5.74, 6) is 5.67. The van der Waals surface area contributed by atoms with Crippen molar-refractivity contribution < 1.29 is 24.7 Å². The molecule has 144 valence electrons. The Morgan fingerprint density at radius 3 is 0.520 bits per heavy atom. The van der Waals surface area contributed by atoms with Crippen LogP contribution in [0.4, 0.5) is 0 Å². The maximum absolute atomic E-state index is 9.16. The quantitative estimate of drug-likeness (QED) is 0.442. The zero-order valence-electron chi connectivity index (χ0n) is 18.2. The standard InChI is InChI=1S/4C4H9.B2O5.2Sn/c4*1-4(2)3;3-1(4)7-2(5)6;;/h4*1-3H3;;;/q;;;;-4;2*+2. The number of hydrogen-bond donors (Lipinski definition) is 0. The Bertz CT molecular complexity index is 145. The van der Waals surface area contributed by atoms with E-state index in [1.807, 2.05) is 0 Å². The molecule has 0 aliphatic carbocycles. The second-order valence-corrected chi connectivity index (χ2v) is 6.71. The first-order chi connectivity index (χ1) is 10.1. The molecule has 0 aromatic rings. The summed E-state index contributed by atoms with van der Waals surface area (Å²) in [6.07, 6.45) is 0. The predicted octanol–water partition coefficient (Wildman–Crippen LogP) is 0.135. The van der Waals surface area contributed by atoms with Gasteiger partial charge >= 0.3 is 47.8 Å². The van der Waals surface area contributed by atoms with Crippen molar-refractivity contribution in [2.45, 2.75) is 83.1 Å². The molecule has 8 radical (unpaired) electrons. The zero-order valence-corrected chi connectivity index (χ0v) is 23.9. The normalized spacial score (nSPS) is 8.16. The van der Waals surface area contributed by atoms with E-state index in [1.165, 1.54) is 23.7 Å². The van der Waals surface area contributed by atoms with E-state index in [4.69, 9.17) is 20.1 Å². The van der Waals surface area contributed by atoms with Gasteiger partial charge in [-0.15, -0.1) is 0 Å². The Hall–Kier alpha value is 1.53. The van der Waals surface area contributed by atoms with Crippen molar-refractivity contribution in [3.63, 3.8) is 0 Å². The third kappa shape index (κ3) is 463. The Labute approximate surface area is 193 Å². The number of hydrogen-bond acceptors (Lipinski definition) is 5. The minimum Gasteiger partial charge on any atom is -0.872 e. The molecule has 0 atom stereocenters. The average Bonchev–Trinajstić information content (AvgIpc) is 2.09. The summed E-state index contributed by atoms with van der Waals surface area (Å²) in [6, 6.07) is 0. The Morgan fingerprint density at radius 2 is 0.520 bits per heavy atom. The van der Waals surface area contributed by atoms with E-state index in [0.717, 1.165) is 0 Å². The maximum Gasteiger partial charge on any atom is 2.00 e. The van der Waals surface area contributed by atoms with Crippen molar-refractivity contribution in [1.29, 1.82) is 0 Å². The van der Waals surface area contributed by atoms with Gasteiger partial charge in [0.25, 0.3) is 0 Å². The van der Waals surface area contributed by atoms with E-state index in [1.54, 1.807) is 0 Å². The first-order valence-corrected chi connectivity index (χ1v) is 7.41. The van der Waals surface area contributed by atoms with Gasteiger partial charge in [-0.1, -0.05) is 83.1 Å². The molecule has 0 N–H and O–H groups in total. The zero-order chi connectivity index (χ0) is 20.2. The van der Waals surface area contributed by atoms with E-state index in [9.17, 15) is 0 Å². The first-order valence-electron chi connectivity index (χ1n) is 7.41. The summed E-state index contributed by atoms with van der Waals surface area (Å²) in [5.41, 5.74) is 0. The molecule has 0 amide bonds. The van der Waals surface area contributed by atoms with Crippen molar-refractivity contribution in [3.05, 3.63) is 23.7 Å². The van der Waals surface area contributed by atoms with Crippen LogP contribution in [0.25, 0.3) is 0 Å². The fourth-order valence-electron chi connectivity index (χ4n) is 0.0907. The molecule has 9 heteroatoms. The third-order valence-electron chi connectivity index (χ3n) is 0.222. The molecule has 0 aromatic heterocycles. The third-order valence-corrected chi connectivity index (χ3v) is 0.222. The SMILES string of the molecule is C[C](C)C.C[C](C)C.C[C](C)C.C[C](C)C.[O-]B([O-])OB([O-])[O-].[Sn+2].[Sn+2]. The Balaban J connectivity index is -0.0000000326. The molecule has 25 heavy (non-hydrogen) atoms. The molecular weight excluding hydrogens is 531 g/mol. The van der Waals surface area contributed by atoms with Crippen LogP contribution in [0.2, 0.25) is 0 Å². The van der Waals surface area contributed by atoms with Gasteiger partial charge in [0.1, 0.15) is 0 Å². The van der Waals surface area contributed by atoms with Crippen LogP contribution in [0.3, 0.4) is 0 Å². The van der Waals surface area contributed by atoms with Crippen molar-refractivity contribution in [1.82, 2.24) is 0 Å². The van der Waals surface area contributed by atoms with Crippen molar-refractivity contribution in [3.8, 4) is 0 Å². The molecule has 0 aromatic carbocycles. The molecule has 0 saturated carbocycles. The van der Waals surface area contributed by atoms with E-state index in [-0.39, 0.29) is 47.8 Å². The van der Waals surface area contributed by atoms with Crippen LogP contribution in [0.15, 0.2) is 0 Å². The monoisotopic (exact) mass is 570 g/mol. The smallest absolute Gasteiger partial charge is 0.872 e. The van der Waals surface area contributed by atoms with Gasteiger partial charge in [0.05, 0.1) is 0 Å². The fraction of sp³-hybridized carbons (Fsp3) is 0.750. The maximum atomic E-state index is 9.16. The molecule has 0 spiro atoms. The largest absolute Gasteiger partial charge is 2.00 e. The van der Waals surface area contributed by atoms with E-state index in [0.29, 0.717) is 0 Å². The molecule has 0 bridgehead atoms. The van der Waals surface area contributed by atoms with Crippen LogP contribution < -0.4 is 20.1 Å². The Kier molecular flexibility index (Phi) is 66.1.